The van der Waals surface area contributed by atoms with Crippen LogP contribution in [0.3, 0.4) is 0 Å². The zero-order valence-electron chi connectivity index (χ0n) is 25.6. The van der Waals surface area contributed by atoms with Gasteiger partial charge in [-0.3, -0.25) is 9.97 Å². The number of imidazole rings is 2. The number of aryl methyl sites for hydroxylation is 6. The fourth-order valence-electron chi connectivity index (χ4n) is 5.74. The number of aromatic nitrogens is 4. The summed E-state index contributed by atoms with van der Waals surface area (Å²) in [6, 6.07) is 29.3. The quantitative estimate of drug-likeness (QED) is 0.165. The van der Waals surface area contributed by atoms with Gasteiger partial charge in [0.2, 0.25) is 0 Å². The third-order valence-corrected chi connectivity index (χ3v) is 7.29. The SMILES string of the molecule is C=Cc1cc[c-]c(-c2nccn2-c2c(C)cc(C)cc2C)c1.Cc1cc(C)c(-n2ccnc2-c2[c-]cccc2)c(C)c1.[Ir]. The number of benzene rings is 4. The Balaban J connectivity index is 0.000000193. The molecule has 4 nitrogen and oxygen atoms in total. The molecule has 2 aromatic heterocycles. The first-order valence-corrected chi connectivity index (χ1v) is 14.1. The maximum Gasteiger partial charge on any atom is 0.0603 e. The van der Waals surface area contributed by atoms with E-state index in [-0.39, 0.29) is 20.1 Å². The van der Waals surface area contributed by atoms with E-state index in [9.17, 15) is 0 Å². The van der Waals surface area contributed by atoms with Crippen molar-refractivity contribution in [2.75, 3.05) is 0 Å². The van der Waals surface area contributed by atoms with Gasteiger partial charge in [-0.25, -0.2) is 0 Å². The van der Waals surface area contributed by atoms with Gasteiger partial charge in [0, 0.05) is 56.3 Å². The minimum Gasteiger partial charge on any atom is -0.340 e. The largest absolute Gasteiger partial charge is 0.340 e. The van der Waals surface area contributed by atoms with Gasteiger partial charge >= 0.3 is 0 Å². The van der Waals surface area contributed by atoms with Gasteiger partial charge in [0.05, 0.1) is 11.6 Å². The molecule has 6 rings (SSSR count). The van der Waals surface area contributed by atoms with Gasteiger partial charge < -0.3 is 9.13 Å². The average Bonchev–Trinajstić information content (AvgIpc) is 3.64. The van der Waals surface area contributed by atoms with E-state index in [1.807, 2.05) is 67.3 Å². The van der Waals surface area contributed by atoms with Crippen molar-refractivity contribution < 1.29 is 20.1 Å². The van der Waals surface area contributed by atoms with Crippen molar-refractivity contribution in [2.45, 2.75) is 41.5 Å². The van der Waals surface area contributed by atoms with Crippen molar-refractivity contribution in [1.82, 2.24) is 19.1 Å². The molecule has 0 saturated carbocycles. The second-order valence-electron chi connectivity index (χ2n) is 10.8. The molecule has 0 fully saturated rings. The second-order valence-corrected chi connectivity index (χ2v) is 10.8. The smallest absolute Gasteiger partial charge is 0.0603 e. The van der Waals surface area contributed by atoms with E-state index >= 15 is 0 Å². The fourth-order valence-corrected chi connectivity index (χ4v) is 5.74. The molecule has 0 bridgehead atoms. The monoisotopic (exact) mass is 741 g/mol. The van der Waals surface area contributed by atoms with Crippen molar-refractivity contribution in [3.63, 3.8) is 0 Å². The van der Waals surface area contributed by atoms with E-state index in [4.69, 9.17) is 0 Å². The molecule has 2 heterocycles. The van der Waals surface area contributed by atoms with Crippen LogP contribution in [0.5, 0.6) is 0 Å². The normalized spacial score (nSPS) is 10.5. The molecule has 0 unspecified atom stereocenters. The zero-order valence-corrected chi connectivity index (χ0v) is 28.0. The van der Waals surface area contributed by atoms with Crippen LogP contribution in [-0.4, -0.2) is 19.1 Å². The molecule has 5 heteroatoms. The van der Waals surface area contributed by atoms with Crippen LogP contribution in [0.2, 0.25) is 0 Å². The van der Waals surface area contributed by atoms with Crippen molar-refractivity contribution in [1.29, 1.82) is 0 Å². The van der Waals surface area contributed by atoms with E-state index in [1.54, 1.807) is 0 Å². The van der Waals surface area contributed by atoms with Gasteiger partial charge in [0.1, 0.15) is 0 Å². The summed E-state index contributed by atoms with van der Waals surface area (Å²) in [5.41, 5.74) is 13.0. The molecule has 0 amide bonds. The molecule has 0 N–H and O–H groups in total. The summed E-state index contributed by atoms with van der Waals surface area (Å²) < 4.78 is 4.29. The van der Waals surface area contributed by atoms with Crippen LogP contribution in [0, 0.1) is 53.7 Å². The first kappa shape index (κ1) is 31.6. The van der Waals surface area contributed by atoms with Crippen LogP contribution in [-0.2, 0) is 20.1 Å². The van der Waals surface area contributed by atoms with Crippen molar-refractivity contribution in [3.05, 3.63) is 149 Å². The molecule has 6 aromatic rings. The van der Waals surface area contributed by atoms with E-state index in [1.165, 1.54) is 44.8 Å². The Morgan fingerprint density at radius 1 is 0.628 bits per heavy atom. The minimum atomic E-state index is 0. The third-order valence-electron chi connectivity index (χ3n) is 7.29. The van der Waals surface area contributed by atoms with Gasteiger partial charge in [0.25, 0.3) is 0 Å². The second kappa shape index (κ2) is 13.8. The van der Waals surface area contributed by atoms with Crippen LogP contribution in [0.4, 0.5) is 0 Å². The van der Waals surface area contributed by atoms with Gasteiger partial charge in [-0.15, -0.1) is 77.9 Å². The summed E-state index contributed by atoms with van der Waals surface area (Å²) in [6.07, 6.45) is 9.54. The van der Waals surface area contributed by atoms with Crippen molar-refractivity contribution >= 4 is 6.08 Å². The van der Waals surface area contributed by atoms with E-state index < -0.39 is 0 Å². The molecule has 0 aliphatic heterocycles. The number of rotatable bonds is 5. The first-order valence-electron chi connectivity index (χ1n) is 14.1. The first-order chi connectivity index (χ1) is 20.3. The molecule has 219 valence electrons. The molecule has 0 aliphatic carbocycles. The van der Waals surface area contributed by atoms with Crippen LogP contribution in [0.15, 0.2) is 98.1 Å². The van der Waals surface area contributed by atoms with Crippen molar-refractivity contribution in [3.8, 4) is 34.2 Å². The predicted octanol–water partition coefficient (Wildman–Crippen LogP) is 9.17. The summed E-state index contributed by atoms with van der Waals surface area (Å²) in [4.78, 5) is 9.04. The van der Waals surface area contributed by atoms with E-state index in [0.717, 1.165) is 28.3 Å². The van der Waals surface area contributed by atoms with Gasteiger partial charge in [-0.1, -0.05) is 41.5 Å². The summed E-state index contributed by atoms with van der Waals surface area (Å²) >= 11 is 0. The Bertz CT molecular complexity index is 1810. The Hall–Kier alpha value is -4.31. The molecule has 43 heavy (non-hydrogen) atoms. The molecular formula is C38H36IrN4-2. The standard InChI is InChI=1S/C20H19N2.C18H17N2.Ir/c1-5-17-7-6-8-18(13-17)20-21-9-10-22(20)19-15(3)11-14(2)12-16(19)4;1-13-11-14(2)17(15(3)12-13)20-10-9-19-18(20)16-7-5-4-6-8-16;/h5-7,9-13H,1H2,2-4H3;4-7,9-12H,1-3H3;/q2*-1;. The average molecular weight is 741 g/mol. The molecule has 0 spiro atoms. The molecule has 4 aromatic carbocycles. The number of nitrogens with zero attached hydrogens (tertiary/aromatic N) is 4. The van der Waals surface area contributed by atoms with E-state index in [2.05, 4.69) is 110 Å². The maximum atomic E-state index is 4.54. The zero-order chi connectivity index (χ0) is 29.8. The van der Waals surface area contributed by atoms with Gasteiger partial charge in [0.15, 0.2) is 0 Å². The molecule has 0 saturated heterocycles. The Morgan fingerprint density at radius 3 is 1.58 bits per heavy atom. The fraction of sp³-hybridized carbons (Fsp3) is 0.158. The van der Waals surface area contributed by atoms with Crippen LogP contribution < -0.4 is 0 Å². The Labute approximate surface area is 269 Å². The Kier molecular flexibility index (Phi) is 10.1. The van der Waals surface area contributed by atoms with Crippen LogP contribution in [0.1, 0.15) is 38.9 Å². The predicted molar refractivity (Wildman–Crippen MR) is 174 cm³/mol. The summed E-state index contributed by atoms with van der Waals surface area (Å²) in [6.45, 7) is 16.7. The Morgan fingerprint density at radius 2 is 1.12 bits per heavy atom. The van der Waals surface area contributed by atoms with Gasteiger partial charge in [-0.2, -0.15) is 0 Å². The van der Waals surface area contributed by atoms with E-state index in [0.29, 0.717) is 0 Å². The summed E-state index contributed by atoms with van der Waals surface area (Å²) in [5, 5.41) is 0. The third kappa shape index (κ3) is 6.85. The van der Waals surface area contributed by atoms with Crippen molar-refractivity contribution in [2.24, 2.45) is 0 Å². The molecule has 0 aliphatic rings. The van der Waals surface area contributed by atoms with Crippen LogP contribution in [0.25, 0.3) is 40.2 Å². The molecular weight excluding hydrogens is 705 g/mol. The number of hydrogen-bond donors (Lipinski definition) is 0. The molecule has 0 atom stereocenters. The van der Waals surface area contributed by atoms with Crippen LogP contribution >= 0.6 is 0 Å². The topological polar surface area (TPSA) is 35.6 Å². The maximum absolute atomic E-state index is 4.54. The molecule has 1 radical (unpaired) electrons. The summed E-state index contributed by atoms with van der Waals surface area (Å²) in [5.74, 6) is 1.83. The van der Waals surface area contributed by atoms with Gasteiger partial charge in [-0.05, 0) is 63.8 Å². The summed E-state index contributed by atoms with van der Waals surface area (Å²) in [7, 11) is 0. The number of hydrogen-bond acceptors (Lipinski definition) is 2. The minimum absolute atomic E-state index is 0.